The van der Waals surface area contributed by atoms with Crippen LogP contribution in [0.25, 0.3) is 5.65 Å². The number of fused-ring (bicyclic) bond motifs is 1. The lowest BCUT2D eigenvalue weighted by molar-refractivity contribution is -0.391. The summed E-state index contributed by atoms with van der Waals surface area (Å²) in [5.74, 6) is 0.690. The van der Waals surface area contributed by atoms with Gasteiger partial charge in [-0.3, -0.25) is 4.90 Å². The molecular weight excluding hydrogens is 380 g/mol. The lowest BCUT2D eigenvalue weighted by Crippen LogP contribution is -2.62. The fraction of sp³-hybridized carbons (Fsp3) is 0.455. The van der Waals surface area contributed by atoms with Gasteiger partial charge in [-0.05, 0) is 29.4 Å². The zero-order valence-electron chi connectivity index (χ0n) is 17.0. The zero-order chi connectivity index (χ0) is 20.6. The zero-order valence-corrected chi connectivity index (χ0v) is 17.0. The standard InChI is InChI=1S/C22H26N6O2/c29-28(30)21-15-23-19-9-10-20(24-27(19)21)25-13-14-26(16-18-7-3-1-4-8-18)22(17-25)11-5-2-6-12-22/h1,3-4,7-10,15H,2,5-6,11-14,16-17H2. The van der Waals surface area contributed by atoms with Crippen molar-refractivity contribution in [1.29, 1.82) is 0 Å². The first-order valence-corrected chi connectivity index (χ1v) is 10.7. The van der Waals surface area contributed by atoms with Gasteiger partial charge in [0.1, 0.15) is 6.20 Å². The number of nitrogens with zero attached hydrogens (tertiary/aromatic N) is 6. The Morgan fingerprint density at radius 3 is 2.60 bits per heavy atom. The maximum absolute atomic E-state index is 11.3. The number of anilines is 1. The van der Waals surface area contributed by atoms with Crippen molar-refractivity contribution < 1.29 is 4.92 Å². The van der Waals surface area contributed by atoms with Crippen LogP contribution in [0.3, 0.4) is 0 Å². The number of nitro groups is 1. The third-order valence-corrected chi connectivity index (χ3v) is 6.64. The molecule has 156 valence electrons. The largest absolute Gasteiger partial charge is 0.368 e. The van der Waals surface area contributed by atoms with E-state index in [-0.39, 0.29) is 11.4 Å². The Labute approximate surface area is 175 Å². The molecule has 0 N–H and O–H groups in total. The lowest BCUT2D eigenvalue weighted by Gasteiger charge is -2.53. The third kappa shape index (κ3) is 3.41. The van der Waals surface area contributed by atoms with E-state index in [0.29, 0.717) is 5.65 Å². The van der Waals surface area contributed by atoms with E-state index in [1.165, 1.54) is 48.4 Å². The summed E-state index contributed by atoms with van der Waals surface area (Å²) in [6.07, 6.45) is 7.43. The molecule has 8 heteroatoms. The predicted molar refractivity (Wildman–Crippen MR) is 115 cm³/mol. The molecule has 3 heterocycles. The van der Waals surface area contributed by atoms with Crippen LogP contribution >= 0.6 is 0 Å². The molecule has 2 aromatic heterocycles. The maximum Gasteiger partial charge on any atom is 0.368 e. The molecule has 0 unspecified atom stereocenters. The van der Waals surface area contributed by atoms with E-state index in [1.807, 2.05) is 12.1 Å². The smallest absolute Gasteiger partial charge is 0.358 e. The molecule has 30 heavy (non-hydrogen) atoms. The summed E-state index contributed by atoms with van der Waals surface area (Å²) < 4.78 is 1.35. The fourth-order valence-electron chi connectivity index (χ4n) is 5.09. The number of rotatable bonds is 4. The van der Waals surface area contributed by atoms with E-state index in [1.54, 1.807) is 0 Å². The van der Waals surface area contributed by atoms with Gasteiger partial charge in [0, 0.05) is 37.8 Å². The molecule has 1 aliphatic heterocycles. The van der Waals surface area contributed by atoms with Gasteiger partial charge in [0.15, 0.2) is 5.82 Å². The van der Waals surface area contributed by atoms with Crippen molar-refractivity contribution in [3.05, 3.63) is 64.3 Å². The molecule has 8 nitrogen and oxygen atoms in total. The van der Waals surface area contributed by atoms with Gasteiger partial charge in [-0.25, -0.2) is 4.98 Å². The SMILES string of the molecule is O=[N+]([O-])c1cnc2ccc(N3CCN(Cc4ccccc4)C4(CCCCC4)C3)nn12. The number of hydrogen-bond donors (Lipinski definition) is 0. The molecule has 2 aliphatic rings. The van der Waals surface area contributed by atoms with E-state index < -0.39 is 4.92 Å². The average molecular weight is 406 g/mol. The van der Waals surface area contributed by atoms with Crippen molar-refractivity contribution in [2.24, 2.45) is 0 Å². The second-order valence-corrected chi connectivity index (χ2v) is 8.45. The normalized spacial score (nSPS) is 19.4. The summed E-state index contributed by atoms with van der Waals surface area (Å²) in [6.45, 7) is 3.69. The van der Waals surface area contributed by atoms with Crippen LogP contribution in [0.5, 0.6) is 0 Å². The van der Waals surface area contributed by atoms with Crippen molar-refractivity contribution in [3.8, 4) is 0 Å². The van der Waals surface area contributed by atoms with Gasteiger partial charge >= 0.3 is 5.82 Å². The number of piperazine rings is 1. The molecule has 0 amide bonds. The van der Waals surface area contributed by atoms with Crippen molar-refractivity contribution >= 4 is 17.3 Å². The summed E-state index contributed by atoms with van der Waals surface area (Å²) in [6, 6.07) is 14.4. The van der Waals surface area contributed by atoms with Gasteiger partial charge in [0.05, 0.1) is 0 Å². The Morgan fingerprint density at radius 1 is 1.03 bits per heavy atom. The van der Waals surface area contributed by atoms with Crippen LogP contribution in [0, 0.1) is 10.1 Å². The Morgan fingerprint density at radius 2 is 1.83 bits per heavy atom. The average Bonchev–Trinajstić information content (AvgIpc) is 3.20. The van der Waals surface area contributed by atoms with Crippen LogP contribution < -0.4 is 4.90 Å². The maximum atomic E-state index is 11.3. The molecule has 1 aromatic carbocycles. The number of imidazole rings is 1. The summed E-state index contributed by atoms with van der Waals surface area (Å²) in [5.41, 5.74) is 1.98. The second kappa shape index (κ2) is 7.68. The quantitative estimate of drug-likeness (QED) is 0.486. The Hall–Kier alpha value is -3.00. The molecule has 3 aromatic rings. The molecule has 1 aliphatic carbocycles. The number of hydrogen-bond acceptors (Lipinski definition) is 6. The monoisotopic (exact) mass is 406 g/mol. The highest BCUT2D eigenvalue weighted by Gasteiger charge is 2.42. The molecule has 1 saturated heterocycles. The molecule has 0 bridgehead atoms. The summed E-state index contributed by atoms with van der Waals surface area (Å²) in [5, 5.41) is 15.9. The lowest BCUT2D eigenvalue weighted by atomic mass is 9.78. The highest BCUT2D eigenvalue weighted by molar-refractivity contribution is 5.50. The first kappa shape index (κ1) is 19.0. The molecule has 1 spiro atoms. The van der Waals surface area contributed by atoms with Crippen LogP contribution in [0.15, 0.2) is 48.7 Å². The summed E-state index contributed by atoms with van der Waals surface area (Å²) >= 11 is 0. The first-order chi connectivity index (χ1) is 14.6. The van der Waals surface area contributed by atoms with Gasteiger partial charge < -0.3 is 15.0 Å². The number of aromatic nitrogens is 3. The minimum absolute atomic E-state index is 0.0954. The fourth-order valence-corrected chi connectivity index (χ4v) is 5.09. The van der Waals surface area contributed by atoms with E-state index >= 15 is 0 Å². The van der Waals surface area contributed by atoms with Crippen molar-refractivity contribution in [2.75, 3.05) is 24.5 Å². The van der Waals surface area contributed by atoms with Gasteiger partial charge in [0.25, 0.3) is 0 Å². The van der Waals surface area contributed by atoms with E-state index in [4.69, 9.17) is 0 Å². The van der Waals surface area contributed by atoms with E-state index in [9.17, 15) is 10.1 Å². The highest BCUT2D eigenvalue weighted by atomic mass is 16.6. The van der Waals surface area contributed by atoms with Crippen LogP contribution in [0.1, 0.15) is 37.7 Å². The topological polar surface area (TPSA) is 79.8 Å². The van der Waals surface area contributed by atoms with E-state index in [0.717, 1.165) is 32.0 Å². The van der Waals surface area contributed by atoms with Crippen molar-refractivity contribution in [3.63, 3.8) is 0 Å². The van der Waals surface area contributed by atoms with Crippen molar-refractivity contribution in [1.82, 2.24) is 19.5 Å². The molecule has 2 fully saturated rings. The summed E-state index contributed by atoms with van der Waals surface area (Å²) in [4.78, 5) is 19.9. The van der Waals surface area contributed by atoms with Gasteiger partial charge in [-0.1, -0.05) is 59.2 Å². The highest BCUT2D eigenvalue weighted by Crippen LogP contribution is 2.38. The van der Waals surface area contributed by atoms with Gasteiger partial charge in [0.2, 0.25) is 5.65 Å². The Kier molecular flexibility index (Phi) is 4.86. The molecule has 5 rings (SSSR count). The van der Waals surface area contributed by atoms with Gasteiger partial charge in [-0.2, -0.15) is 0 Å². The first-order valence-electron chi connectivity index (χ1n) is 10.7. The van der Waals surface area contributed by atoms with E-state index in [2.05, 4.69) is 50.2 Å². The van der Waals surface area contributed by atoms with Crippen LogP contribution in [-0.4, -0.2) is 49.6 Å². The Balaban J connectivity index is 1.44. The molecule has 1 saturated carbocycles. The van der Waals surface area contributed by atoms with Crippen LogP contribution in [0.2, 0.25) is 0 Å². The number of benzene rings is 1. The predicted octanol–water partition coefficient (Wildman–Crippen LogP) is 3.66. The molecular formula is C22H26N6O2. The van der Waals surface area contributed by atoms with Crippen molar-refractivity contribution in [2.45, 2.75) is 44.2 Å². The minimum atomic E-state index is -0.433. The van der Waals surface area contributed by atoms with Gasteiger partial charge in [-0.15, -0.1) is 0 Å². The van der Waals surface area contributed by atoms with Crippen LogP contribution in [-0.2, 0) is 6.54 Å². The third-order valence-electron chi connectivity index (χ3n) is 6.64. The summed E-state index contributed by atoms with van der Waals surface area (Å²) in [7, 11) is 0. The van der Waals surface area contributed by atoms with Crippen LogP contribution in [0.4, 0.5) is 11.6 Å². The molecule has 0 radical (unpaired) electrons. The Bertz CT molecular complexity index is 1040. The minimum Gasteiger partial charge on any atom is -0.358 e. The second-order valence-electron chi connectivity index (χ2n) is 8.45. The molecule has 0 atom stereocenters.